The molecule has 2 aromatic carbocycles. The Kier molecular flexibility index (Phi) is 5.33. The lowest BCUT2D eigenvalue weighted by Crippen LogP contribution is -2.15. The molecule has 26 heavy (non-hydrogen) atoms. The number of anilines is 1. The van der Waals surface area contributed by atoms with Crippen molar-refractivity contribution in [3.8, 4) is 5.75 Å². The van der Waals surface area contributed by atoms with E-state index in [4.69, 9.17) is 4.74 Å². The van der Waals surface area contributed by atoms with Gasteiger partial charge < -0.3 is 4.74 Å². The quantitative estimate of drug-likeness (QED) is 0.525. The molecule has 0 saturated heterocycles. The molecular weight excluding hydrogens is 337 g/mol. The summed E-state index contributed by atoms with van der Waals surface area (Å²) in [5.41, 5.74) is 3.88. The second-order valence-corrected chi connectivity index (χ2v) is 5.40. The molecule has 0 aliphatic carbocycles. The first-order valence-electron chi connectivity index (χ1n) is 7.80. The van der Waals surface area contributed by atoms with E-state index in [0.29, 0.717) is 17.0 Å². The topological polar surface area (TPSA) is 92.3 Å². The van der Waals surface area contributed by atoms with Crippen LogP contribution in [0.25, 0.3) is 0 Å². The van der Waals surface area contributed by atoms with Crippen LogP contribution in [0.1, 0.15) is 16.8 Å². The van der Waals surface area contributed by atoms with E-state index < -0.39 is 5.69 Å². The van der Waals surface area contributed by atoms with Crippen molar-refractivity contribution in [2.45, 2.75) is 13.5 Å². The Labute approximate surface area is 148 Å². The van der Waals surface area contributed by atoms with Crippen molar-refractivity contribution in [2.75, 3.05) is 5.43 Å². The van der Waals surface area contributed by atoms with E-state index in [1.165, 1.54) is 6.07 Å². The Hall–Kier alpha value is -3.55. The molecule has 3 aromatic rings. The van der Waals surface area contributed by atoms with Crippen molar-refractivity contribution in [1.82, 2.24) is 15.2 Å². The van der Waals surface area contributed by atoms with Gasteiger partial charge in [-0.05, 0) is 30.7 Å². The molecule has 0 amide bonds. The molecule has 1 heterocycles. The minimum atomic E-state index is -0.558. The molecule has 2 N–H and O–H groups in total. The Balaban J connectivity index is 1.64. The fourth-order valence-electron chi connectivity index (χ4n) is 2.13. The summed E-state index contributed by atoms with van der Waals surface area (Å²) in [4.78, 5) is 14.9. The van der Waals surface area contributed by atoms with Crippen LogP contribution in [0.2, 0.25) is 0 Å². The highest BCUT2D eigenvalue weighted by molar-refractivity contribution is 5.80. The van der Waals surface area contributed by atoms with E-state index in [-0.39, 0.29) is 18.2 Å². The fraction of sp³-hybridized carbons (Fsp3) is 0.111. The Bertz CT molecular complexity index is 987. The standard InChI is InChI=1S/C18H16FN5O2/c1-12-17(21-18(25)24-22-12)23-20-10-13-5-4-7-15(9-13)26-11-14-6-2-3-8-16(14)19/h2-10H,11H2,1H3,(H2,21,23,24,25)/b20-10-. The Morgan fingerprint density at radius 1 is 1.27 bits per heavy atom. The van der Waals surface area contributed by atoms with E-state index in [1.54, 1.807) is 49.5 Å². The van der Waals surface area contributed by atoms with Gasteiger partial charge in [-0.2, -0.15) is 15.2 Å². The van der Waals surface area contributed by atoms with Crippen LogP contribution in [0.4, 0.5) is 10.2 Å². The van der Waals surface area contributed by atoms with Gasteiger partial charge in [-0.1, -0.05) is 30.3 Å². The zero-order valence-corrected chi connectivity index (χ0v) is 13.9. The number of aromatic nitrogens is 3. The maximum absolute atomic E-state index is 13.6. The van der Waals surface area contributed by atoms with Gasteiger partial charge in [0.05, 0.1) is 6.21 Å². The third kappa shape index (κ3) is 4.50. The first-order valence-corrected chi connectivity index (χ1v) is 7.80. The first-order chi connectivity index (χ1) is 12.6. The summed E-state index contributed by atoms with van der Waals surface area (Å²) in [7, 11) is 0. The summed E-state index contributed by atoms with van der Waals surface area (Å²) in [6.45, 7) is 1.82. The van der Waals surface area contributed by atoms with Gasteiger partial charge in [0.1, 0.15) is 23.9 Å². The molecule has 0 saturated carbocycles. The number of benzene rings is 2. The van der Waals surface area contributed by atoms with E-state index in [1.807, 2.05) is 6.07 Å². The average Bonchev–Trinajstić information content (AvgIpc) is 2.64. The average molecular weight is 353 g/mol. The van der Waals surface area contributed by atoms with E-state index in [9.17, 15) is 9.18 Å². The molecule has 0 spiro atoms. The number of H-pyrrole nitrogens is 1. The lowest BCUT2D eigenvalue weighted by atomic mass is 10.2. The summed E-state index contributed by atoms with van der Waals surface area (Å²) >= 11 is 0. The SMILES string of the molecule is Cc1n[nH]c(=O)nc1N/N=C\c1cccc(OCc2ccccc2F)c1. The molecule has 0 aliphatic heterocycles. The number of hydrogen-bond acceptors (Lipinski definition) is 6. The zero-order chi connectivity index (χ0) is 18.4. The van der Waals surface area contributed by atoms with Crippen molar-refractivity contribution < 1.29 is 9.13 Å². The summed E-state index contributed by atoms with van der Waals surface area (Å²) in [5, 5.41) is 10.1. The minimum Gasteiger partial charge on any atom is -0.489 e. The number of rotatable bonds is 6. The van der Waals surface area contributed by atoms with Gasteiger partial charge in [0.2, 0.25) is 0 Å². The maximum atomic E-state index is 13.6. The molecular formula is C18H16FN5O2. The highest BCUT2D eigenvalue weighted by atomic mass is 19.1. The number of aromatic amines is 1. The summed E-state index contributed by atoms with van der Waals surface area (Å²) in [5.74, 6) is 0.560. The maximum Gasteiger partial charge on any atom is 0.363 e. The number of nitrogens with one attached hydrogen (secondary N) is 2. The fourth-order valence-corrected chi connectivity index (χ4v) is 2.13. The molecule has 1 aromatic heterocycles. The second kappa shape index (κ2) is 8.02. The number of hydrazone groups is 1. The van der Waals surface area contributed by atoms with Gasteiger partial charge in [0.15, 0.2) is 5.82 Å². The highest BCUT2D eigenvalue weighted by Gasteiger charge is 2.03. The van der Waals surface area contributed by atoms with Gasteiger partial charge in [-0.3, -0.25) is 5.43 Å². The zero-order valence-electron chi connectivity index (χ0n) is 13.9. The minimum absolute atomic E-state index is 0.132. The molecule has 3 rings (SSSR count). The summed E-state index contributed by atoms with van der Waals surface area (Å²) in [6, 6.07) is 13.6. The van der Waals surface area contributed by atoms with Crippen molar-refractivity contribution >= 4 is 12.0 Å². The van der Waals surface area contributed by atoms with Crippen molar-refractivity contribution in [3.05, 3.63) is 81.7 Å². The van der Waals surface area contributed by atoms with Crippen LogP contribution >= 0.6 is 0 Å². The lowest BCUT2D eigenvalue weighted by Gasteiger charge is -2.07. The number of halogens is 1. The molecule has 0 aliphatic rings. The Morgan fingerprint density at radius 2 is 2.12 bits per heavy atom. The molecule has 0 atom stereocenters. The van der Waals surface area contributed by atoms with E-state index in [0.717, 1.165) is 5.56 Å². The van der Waals surface area contributed by atoms with Crippen molar-refractivity contribution in [2.24, 2.45) is 5.10 Å². The molecule has 0 fully saturated rings. The highest BCUT2D eigenvalue weighted by Crippen LogP contribution is 2.15. The number of hydrogen-bond donors (Lipinski definition) is 2. The third-order valence-electron chi connectivity index (χ3n) is 3.47. The van der Waals surface area contributed by atoms with Gasteiger partial charge >= 0.3 is 5.69 Å². The van der Waals surface area contributed by atoms with Crippen LogP contribution in [0.5, 0.6) is 5.75 Å². The number of ether oxygens (including phenoxy) is 1. The van der Waals surface area contributed by atoms with Crippen LogP contribution in [0.3, 0.4) is 0 Å². The lowest BCUT2D eigenvalue weighted by molar-refractivity contribution is 0.300. The molecule has 0 bridgehead atoms. The smallest absolute Gasteiger partial charge is 0.363 e. The predicted molar refractivity (Wildman–Crippen MR) is 95.8 cm³/mol. The van der Waals surface area contributed by atoms with Crippen LogP contribution in [0.15, 0.2) is 58.4 Å². The molecule has 132 valence electrons. The van der Waals surface area contributed by atoms with Crippen molar-refractivity contribution in [3.63, 3.8) is 0 Å². The summed E-state index contributed by atoms with van der Waals surface area (Å²) in [6.07, 6.45) is 1.55. The van der Waals surface area contributed by atoms with Crippen LogP contribution in [-0.2, 0) is 6.61 Å². The van der Waals surface area contributed by atoms with Gasteiger partial charge in [0.25, 0.3) is 0 Å². The first kappa shape index (κ1) is 17.3. The predicted octanol–water partition coefficient (Wildman–Crippen LogP) is 2.64. The van der Waals surface area contributed by atoms with Gasteiger partial charge in [-0.25, -0.2) is 14.3 Å². The van der Waals surface area contributed by atoms with E-state index >= 15 is 0 Å². The molecule has 8 heteroatoms. The number of nitrogens with zero attached hydrogens (tertiary/aromatic N) is 3. The van der Waals surface area contributed by atoms with Crippen LogP contribution in [0, 0.1) is 12.7 Å². The second-order valence-electron chi connectivity index (χ2n) is 5.40. The Morgan fingerprint density at radius 3 is 2.96 bits per heavy atom. The van der Waals surface area contributed by atoms with Crippen molar-refractivity contribution in [1.29, 1.82) is 0 Å². The molecule has 0 radical (unpaired) electrons. The third-order valence-corrected chi connectivity index (χ3v) is 3.47. The van der Waals surface area contributed by atoms with Gasteiger partial charge in [-0.15, -0.1) is 0 Å². The van der Waals surface area contributed by atoms with Crippen LogP contribution < -0.4 is 15.9 Å². The van der Waals surface area contributed by atoms with Gasteiger partial charge in [0, 0.05) is 5.56 Å². The molecule has 0 unspecified atom stereocenters. The normalized spacial score (nSPS) is 10.8. The largest absolute Gasteiger partial charge is 0.489 e. The van der Waals surface area contributed by atoms with E-state index in [2.05, 4.69) is 25.7 Å². The summed E-state index contributed by atoms with van der Waals surface area (Å²) < 4.78 is 19.2. The number of aryl methyl sites for hydroxylation is 1. The van der Waals surface area contributed by atoms with Crippen LogP contribution in [-0.4, -0.2) is 21.4 Å². The monoisotopic (exact) mass is 353 g/mol. The molecule has 7 nitrogen and oxygen atoms in total.